The van der Waals surface area contributed by atoms with E-state index in [1.54, 1.807) is 31.3 Å². The first-order valence-electron chi connectivity index (χ1n) is 7.90. The van der Waals surface area contributed by atoms with Gasteiger partial charge < -0.3 is 15.4 Å². The molecule has 1 atom stereocenters. The van der Waals surface area contributed by atoms with Crippen LogP contribution in [0, 0.1) is 6.92 Å². The number of carbonyl (C=O) groups excluding carboxylic acids is 2. The van der Waals surface area contributed by atoms with E-state index >= 15 is 0 Å². The third-order valence-corrected chi connectivity index (χ3v) is 3.67. The molecule has 0 fully saturated rings. The van der Waals surface area contributed by atoms with E-state index in [2.05, 4.69) is 10.6 Å². The predicted molar refractivity (Wildman–Crippen MR) is 94.3 cm³/mol. The van der Waals surface area contributed by atoms with Gasteiger partial charge in [-0.3, -0.25) is 9.59 Å². The Hall–Kier alpha value is -2.82. The number of nitrogens with one attached hydrogen (secondary N) is 2. The van der Waals surface area contributed by atoms with Crippen molar-refractivity contribution in [3.05, 3.63) is 59.7 Å². The number of benzene rings is 2. The lowest BCUT2D eigenvalue weighted by Crippen LogP contribution is -2.32. The SMILES string of the molecule is CCC(Oc1ccccc1C)C(=O)Nc1ccc(C(=O)NC)cc1. The van der Waals surface area contributed by atoms with Crippen LogP contribution < -0.4 is 15.4 Å². The minimum Gasteiger partial charge on any atom is -0.480 e. The summed E-state index contributed by atoms with van der Waals surface area (Å²) in [6, 6.07) is 14.3. The second-order valence-electron chi connectivity index (χ2n) is 5.43. The molecule has 2 amide bonds. The molecule has 0 bridgehead atoms. The third kappa shape index (κ3) is 4.35. The molecule has 2 N–H and O–H groups in total. The van der Waals surface area contributed by atoms with Gasteiger partial charge >= 0.3 is 0 Å². The minimum absolute atomic E-state index is 0.165. The first-order chi connectivity index (χ1) is 11.5. The molecule has 5 nitrogen and oxygen atoms in total. The molecule has 2 aromatic rings. The van der Waals surface area contributed by atoms with Crippen LogP contribution in [0.2, 0.25) is 0 Å². The fourth-order valence-corrected chi connectivity index (χ4v) is 2.24. The summed E-state index contributed by atoms with van der Waals surface area (Å²) in [4.78, 5) is 23.9. The lowest BCUT2D eigenvalue weighted by molar-refractivity contribution is -0.122. The van der Waals surface area contributed by atoms with Crippen molar-refractivity contribution in [1.29, 1.82) is 0 Å². The van der Waals surface area contributed by atoms with E-state index in [9.17, 15) is 9.59 Å². The highest BCUT2D eigenvalue weighted by Gasteiger charge is 2.19. The summed E-state index contributed by atoms with van der Waals surface area (Å²) in [6.07, 6.45) is -0.0269. The summed E-state index contributed by atoms with van der Waals surface area (Å²) in [5.74, 6) is 0.324. The number of ether oxygens (including phenoxy) is 1. The summed E-state index contributed by atoms with van der Waals surface area (Å²) < 4.78 is 5.83. The number of rotatable bonds is 6. The zero-order chi connectivity index (χ0) is 17.5. The van der Waals surface area contributed by atoms with Crippen molar-refractivity contribution in [1.82, 2.24) is 5.32 Å². The maximum atomic E-state index is 12.4. The van der Waals surface area contributed by atoms with Crippen LogP contribution in [0.25, 0.3) is 0 Å². The van der Waals surface area contributed by atoms with Gasteiger partial charge in [0.15, 0.2) is 6.10 Å². The standard InChI is InChI=1S/C19H22N2O3/c1-4-16(24-17-8-6-5-7-13(17)2)19(23)21-15-11-9-14(10-12-15)18(22)20-3/h5-12,16H,4H2,1-3H3,(H,20,22)(H,21,23). The Morgan fingerprint density at radius 1 is 1.08 bits per heavy atom. The molecule has 0 aliphatic rings. The zero-order valence-electron chi connectivity index (χ0n) is 14.1. The third-order valence-electron chi connectivity index (χ3n) is 3.67. The number of hydrogen-bond donors (Lipinski definition) is 2. The Morgan fingerprint density at radius 2 is 1.75 bits per heavy atom. The molecule has 126 valence electrons. The van der Waals surface area contributed by atoms with Gasteiger partial charge in [-0.2, -0.15) is 0 Å². The van der Waals surface area contributed by atoms with Gasteiger partial charge in [0.25, 0.3) is 11.8 Å². The average molecular weight is 326 g/mol. The van der Waals surface area contributed by atoms with E-state index in [-0.39, 0.29) is 11.8 Å². The molecule has 24 heavy (non-hydrogen) atoms. The Kier molecular flexibility index (Phi) is 5.95. The first kappa shape index (κ1) is 17.5. The van der Waals surface area contributed by atoms with Crippen molar-refractivity contribution < 1.29 is 14.3 Å². The normalized spacial score (nSPS) is 11.5. The van der Waals surface area contributed by atoms with Crippen LogP contribution in [-0.2, 0) is 4.79 Å². The lowest BCUT2D eigenvalue weighted by Gasteiger charge is -2.18. The van der Waals surface area contributed by atoms with Crippen molar-refractivity contribution >= 4 is 17.5 Å². The quantitative estimate of drug-likeness (QED) is 0.857. The van der Waals surface area contributed by atoms with E-state index in [1.807, 2.05) is 38.1 Å². The van der Waals surface area contributed by atoms with Crippen LogP contribution in [0.5, 0.6) is 5.75 Å². The molecule has 0 spiro atoms. The maximum Gasteiger partial charge on any atom is 0.265 e. The monoisotopic (exact) mass is 326 g/mol. The second-order valence-corrected chi connectivity index (χ2v) is 5.43. The number of aryl methyl sites for hydroxylation is 1. The van der Waals surface area contributed by atoms with Crippen molar-refractivity contribution in [2.24, 2.45) is 0 Å². The maximum absolute atomic E-state index is 12.4. The topological polar surface area (TPSA) is 67.4 Å². The Balaban J connectivity index is 2.04. The average Bonchev–Trinajstić information content (AvgIpc) is 2.61. The molecule has 0 aliphatic heterocycles. The van der Waals surface area contributed by atoms with Crippen LogP contribution >= 0.6 is 0 Å². The van der Waals surface area contributed by atoms with Crippen molar-refractivity contribution in [3.8, 4) is 5.75 Å². The molecule has 5 heteroatoms. The van der Waals surface area contributed by atoms with E-state index in [0.29, 0.717) is 23.4 Å². The van der Waals surface area contributed by atoms with E-state index in [1.165, 1.54) is 0 Å². The minimum atomic E-state index is -0.579. The Bertz CT molecular complexity index is 711. The summed E-state index contributed by atoms with van der Waals surface area (Å²) >= 11 is 0. The second kappa shape index (κ2) is 8.15. The van der Waals surface area contributed by atoms with Gasteiger partial charge in [0, 0.05) is 18.3 Å². The summed E-state index contributed by atoms with van der Waals surface area (Å²) in [6.45, 7) is 3.84. The molecular weight excluding hydrogens is 304 g/mol. The van der Waals surface area contributed by atoms with Crippen LogP contribution in [0.15, 0.2) is 48.5 Å². The van der Waals surface area contributed by atoms with Gasteiger partial charge in [0.05, 0.1) is 0 Å². The van der Waals surface area contributed by atoms with Gasteiger partial charge in [0.1, 0.15) is 5.75 Å². The highest BCUT2D eigenvalue weighted by atomic mass is 16.5. The van der Waals surface area contributed by atoms with Gasteiger partial charge in [-0.15, -0.1) is 0 Å². The fourth-order valence-electron chi connectivity index (χ4n) is 2.24. The van der Waals surface area contributed by atoms with Crippen LogP contribution in [-0.4, -0.2) is 25.0 Å². The zero-order valence-corrected chi connectivity index (χ0v) is 14.1. The van der Waals surface area contributed by atoms with E-state index in [4.69, 9.17) is 4.74 Å². The first-order valence-corrected chi connectivity index (χ1v) is 7.90. The van der Waals surface area contributed by atoms with E-state index in [0.717, 1.165) is 5.56 Å². The molecule has 0 radical (unpaired) electrons. The summed E-state index contributed by atoms with van der Waals surface area (Å²) in [7, 11) is 1.58. The number of para-hydroxylation sites is 1. The van der Waals surface area contributed by atoms with Crippen molar-refractivity contribution in [2.75, 3.05) is 12.4 Å². The molecule has 1 unspecified atom stereocenters. The number of amides is 2. The van der Waals surface area contributed by atoms with Gasteiger partial charge in [0.2, 0.25) is 0 Å². The van der Waals surface area contributed by atoms with Gasteiger partial charge in [-0.25, -0.2) is 0 Å². The molecule has 0 heterocycles. The smallest absolute Gasteiger partial charge is 0.265 e. The largest absolute Gasteiger partial charge is 0.480 e. The molecule has 0 aromatic heterocycles. The highest BCUT2D eigenvalue weighted by Crippen LogP contribution is 2.19. The lowest BCUT2D eigenvalue weighted by atomic mass is 10.2. The number of anilines is 1. The van der Waals surface area contributed by atoms with Crippen molar-refractivity contribution in [2.45, 2.75) is 26.4 Å². The fraction of sp³-hybridized carbons (Fsp3) is 0.263. The molecule has 0 saturated carbocycles. The highest BCUT2D eigenvalue weighted by molar-refractivity contribution is 5.96. The van der Waals surface area contributed by atoms with Gasteiger partial charge in [-0.1, -0.05) is 25.1 Å². The molecule has 0 saturated heterocycles. The molecule has 0 aliphatic carbocycles. The number of carbonyl (C=O) groups is 2. The number of hydrogen-bond acceptors (Lipinski definition) is 3. The van der Waals surface area contributed by atoms with Gasteiger partial charge in [-0.05, 0) is 49.2 Å². The Labute approximate surface area is 142 Å². The van der Waals surface area contributed by atoms with Crippen LogP contribution in [0.4, 0.5) is 5.69 Å². The predicted octanol–water partition coefficient (Wildman–Crippen LogP) is 3.15. The summed E-state index contributed by atoms with van der Waals surface area (Å²) in [5.41, 5.74) is 2.15. The van der Waals surface area contributed by atoms with Crippen LogP contribution in [0.3, 0.4) is 0 Å². The van der Waals surface area contributed by atoms with Crippen LogP contribution in [0.1, 0.15) is 29.3 Å². The molecule has 2 rings (SSSR count). The van der Waals surface area contributed by atoms with Crippen molar-refractivity contribution in [3.63, 3.8) is 0 Å². The van der Waals surface area contributed by atoms with E-state index < -0.39 is 6.10 Å². The molecule has 2 aromatic carbocycles. The Morgan fingerprint density at radius 3 is 2.33 bits per heavy atom. The molecular formula is C19H22N2O3. The summed E-state index contributed by atoms with van der Waals surface area (Å²) in [5, 5.41) is 5.38.